The zero-order valence-electron chi connectivity index (χ0n) is 35.9. The molecule has 13 nitrogen and oxygen atoms in total. The Morgan fingerprint density at radius 3 is 2.62 bits per heavy atom. The van der Waals surface area contributed by atoms with E-state index in [1.807, 2.05) is 48.6 Å². The monoisotopic (exact) mass is 851 g/mol. The average Bonchev–Trinajstić information content (AvgIpc) is 3.53. The Balaban J connectivity index is 0.878. The Labute approximate surface area is 368 Å². The third-order valence-corrected chi connectivity index (χ3v) is 11.3. The van der Waals surface area contributed by atoms with Gasteiger partial charge in [-0.25, -0.2) is 4.79 Å². The van der Waals surface area contributed by atoms with Gasteiger partial charge in [0.25, 0.3) is 5.91 Å². The molecule has 1 aromatic heterocycles. The Hall–Kier alpha value is -6.70. The number of nitrogens with zero attached hydrogens (tertiary/aromatic N) is 2. The first-order chi connectivity index (χ1) is 30.7. The fraction of sp³-hybridized carbons (Fsp3) is 0.320. The van der Waals surface area contributed by atoms with Crippen LogP contribution in [0.2, 0.25) is 0 Å². The third-order valence-electron chi connectivity index (χ3n) is 11.3. The minimum absolute atomic E-state index is 0.100. The van der Waals surface area contributed by atoms with Gasteiger partial charge in [-0.2, -0.15) is 0 Å². The van der Waals surface area contributed by atoms with E-state index in [1.165, 1.54) is 6.07 Å². The number of piperidine rings is 1. The molecule has 3 aromatic carbocycles. The molecule has 1 atom stereocenters. The molecular weight excluding hydrogens is 795 g/mol. The van der Waals surface area contributed by atoms with Crippen LogP contribution in [0.5, 0.6) is 0 Å². The normalized spacial score (nSPS) is 15.5. The molecule has 3 amide bonds. The first kappa shape index (κ1) is 45.8. The lowest BCUT2D eigenvalue weighted by Crippen LogP contribution is -2.40. The van der Waals surface area contributed by atoms with Crippen LogP contribution >= 0.6 is 0 Å². The fourth-order valence-corrected chi connectivity index (χ4v) is 7.92. The molecule has 1 aliphatic heterocycles. The van der Waals surface area contributed by atoms with Gasteiger partial charge in [0.2, 0.25) is 11.5 Å². The van der Waals surface area contributed by atoms with Crippen molar-refractivity contribution < 1.29 is 19.1 Å². The summed E-state index contributed by atoms with van der Waals surface area (Å²) < 4.78 is 5.82. The van der Waals surface area contributed by atoms with Crippen LogP contribution in [0.1, 0.15) is 79.3 Å². The number of nitroso groups, excluding NO2 is 1. The van der Waals surface area contributed by atoms with Crippen molar-refractivity contribution in [3.63, 3.8) is 0 Å². The molecule has 2 heterocycles. The van der Waals surface area contributed by atoms with E-state index in [1.54, 1.807) is 42.5 Å². The van der Waals surface area contributed by atoms with Crippen LogP contribution in [0.4, 0.5) is 16.2 Å². The van der Waals surface area contributed by atoms with E-state index in [4.69, 9.17) is 4.74 Å². The number of H-pyrrole nitrogens is 1. The number of nitrogens with one attached hydrogen (secondary N) is 5. The maximum Gasteiger partial charge on any atom is 0.411 e. The van der Waals surface area contributed by atoms with Gasteiger partial charge in [0.1, 0.15) is 11.8 Å². The van der Waals surface area contributed by atoms with Gasteiger partial charge in [-0.1, -0.05) is 86.3 Å². The van der Waals surface area contributed by atoms with E-state index in [2.05, 4.69) is 68.0 Å². The number of alkyl carbamates (subject to hydrolysis) is 1. The van der Waals surface area contributed by atoms with Crippen LogP contribution in [0, 0.1) is 4.91 Å². The summed E-state index contributed by atoms with van der Waals surface area (Å²) >= 11 is 0. The summed E-state index contributed by atoms with van der Waals surface area (Å²) in [5.41, 5.74) is 6.39. The van der Waals surface area contributed by atoms with Crippen molar-refractivity contribution in [1.82, 2.24) is 25.8 Å². The van der Waals surface area contributed by atoms with Crippen molar-refractivity contribution in [3.8, 4) is 0 Å². The molecule has 63 heavy (non-hydrogen) atoms. The van der Waals surface area contributed by atoms with Crippen LogP contribution < -0.4 is 26.8 Å². The van der Waals surface area contributed by atoms with Gasteiger partial charge < -0.3 is 30.6 Å². The van der Waals surface area contributed by atoms with E-state index in [0.717, 1.165) is 72.1 Å². The molecule has 0 radical (unpaired) electrons. The van der Waals surface area contributed by atoms with Crippen molar-refractivity contribution >= 4 is 45.8 Å². The van der Waals surface area contributed by atoms with Gasteiger partial charge in [-0.05, 0) is 115 Å². The second-order valence-corrected chi connectivity index (χ2v) is 15.8. The Morgan fingerprint density at radius 1 is 1.00 bits per heavy atom. The lowest BCUT2D eigenvalue weighted by atomic mass is 9.96. The maximum atomic E-state index is 13.0. The molecule has 328 valence electrons. The molecular formula is C50H57N7O6. The number of amides is 3. The Morgan fingerprint density at radius 2 is 1.83 bits per heavy atom. The largest absolute Gasteiger partial charge is 0.446 e. The number of aromatic amines is 1. The minimum atomic E-state index is -0.441. The minimum Gasteiger partial charge on any atom is -0.446 e. The number of allylic oxidation sites excluding steroid dienone is 6. The average molecular weight is 852 g/mol. The number of fused-ring (bicyclic) bond motifs is 1. The van der Waals surface area contributed by atoms with E-state index in [-0.39, 0.29) is 35.1 Å². The topological polar surface area (TPSA) is 174 Å². The number of likely N-dealkylation sites (tertiary alicyclic amines) is 1. The second kappa shape index (κ2) is 23.5. The number of pyridine rings is 1. The van der Waals surface area contributed by atoms with E-state index in [0.29, 0.717) is 62.2 Å². The molecule has 13 heteroatoms. The third kappa shape index (κ3) is 13.6. The summed E-state index contributed by atoms with van der Waals surface area (Å²) in [6.45, 7) is 9.61. The Kier molecular flexibility index (Phi) is 17.1. The van der Waals surface area contributed by atoms with Gasteiger partial charge in [-0.3, -0.25) is 19.7 Å². The first-order valence-electron chi connectivity index (χ1n) is 21.7. The van der Waals surface area contributed by atoms with Gasteiger partial charge in [0, 0.05) is 67.5 Å². The van der Waals surface area contributed by atoms with Gasteiger partial charge in [-0.15, -0.1) is 4.91 Å². The highest BCUT2D eigenvalue weighted by Gasteiger charge is 2.24. The number of anilines is 1. The number of rotatable bonds is 19. The smallest absolute Gasteiger partial charge is 0.411 e. The molecule has 0 unspecified atom stereocenters. The number of ether oxygens (including phenoxy) is 1. The highest BCUT2D eigenvalue weighted by molar-refractivity contribution is 5.97. The van der Waals surface area contributed by atoms with Crippen molar-refractivity contribution in [2.24, 2.45) is 5.18 Å². The van der Waals surface area contributed by atoms with Crippen molar-refractivity contribution in [2.75, 3.05) is 44.6 Å². The molecule has 1 aliphatic carbocycles. The number of hydrogen-bond donors (Lipinski definition) is 5. The summed E-state index contributed by atoms with van der Waals surface area (Å²) in [4.78, 5) is 66.9. The fourth-order valence-electron chi connectivity index (χ4n) is 7.92. The highest BCUT2D eigenvalue weighted by atomic mass is 16.6. The standard InChI is InChI=1S/C50H57N7O6/c1-3-12-36(24-29-51-34-35(2)41-20-22-45(56-62)48-43(41)21-23-46(58)55-48)13-11-28-52-49(60)38-16-10-17-39(33-38)53-47(59)27-32-57-30-25-40(26-31-57)63-50(61)54-44-19-9-5-8-18-42(44)37-14-6-4-7-15-37/h3-4,6-7,9-17,19-23,33,35,40,51H,1,5,8,18,24-32,34H2,2H3,(H,52,60)(H,53,59)(H,54,61)(H,55,58)/b13-11-,36-12+/t35-/m0/s1. The molecule has 6 rings (SSSR count). The van der Waals surface area contributed by atoms with E-state index in [9.17, 15) is 24.1 Å². The van der Waals surface area contributed by atoms with E-state index >= 15 is 0 Å². The summed E-state index contributed by atoms with van der Waals surface area (Å²) in [6, 6.07) is 23.7. The molecule has 2 aliphatic rings. The number of aromatic nitrogens is 1. The van der Waals surface area contributed by atoms with Crippen LogP contribution in [-0.4, -0.2) is 73.2 Å². The predicted octanol–water partition coefficient (Wildman–Crippen LogP) is 8.78. The molecule has 5 N–H and O–H groups in total. The maximum absolute atomic E-state index is 13.0. The lowest BCUT2D eigenvalue weighted by Gasteiger charge is -2.31. The first-order valence-corrected chi connectivity index (χ1v) is 21.7. The van der Waals surface area contributed by atoms with Crippen molar-refractivity contribution in [1.29, 1.82) is 0 Å². The van der Waals surface area contributed by atoms with Crippen molar-refractivity contribution in [2.45, 2.75) is 63.9 Å². The molecule has 1 fully saturated rings. The van der Waals surface area contributed by atoms with Crippen LogP contribution in [0.15, 0.2) is 143 Å². The van der Waals surface area contributed by atoms with Crippen LogP contribution in [0.3, 0.4) is 0 Å². The number of carbonyl (C=O) groups excluding carboxylic acids is 3. The van der Waals surface area contributed by atoms with Crippen LogP contribution in [0.25, 0.3) is 16.5 Å². The molecule has 1 saturated heterocycles. The van der Waals surface area contributed by atoms with Gasteiger partial charge in [0.05, 0.1) is 5.52 Å². The number of benzene rings is 3. The summed E-state index contributed by atoms with van der Waals surface area (Å²) in [6.07, 6.45) is 16.2. The SMILES string of the molecule is C=C/C=C(\C=C/CNC(=O)c1cccc(NC(=O)CCN2CCC(OC(=O)NC3=C(c4ccccc4)CCCC=C3)CC2)c1)CCNC[C@H](C)c1ccc(N=O)c2[nH]c(=O)ccc12. The van der Waals surface area contributed by atoms with Gasteiger partial charge in [0.15, 0.2) is 0 Å². The zero-order chi connectivity index (χ0) is 44.4. The molecule has 0 saturated carbocycles. The van der Waals surface area contributed by atoms with Crippen LogP contribution in [-0.2, 0) is 9.53 Å². The van der Waals surface area contributed by atoms with Crippen molar-refractivity contribution in [3.05, 3.63) is 165 Å². The predicted molar refractivity (Wildman–Crippen MR) is 251 cm³/mol. The summed E-state index contributed by atoms with van der Waals surface area (Å²) in [5, 5.41) is 16.2. The Bertz CT molecular complexity index is 2430. The molecule has 0 spiro atoms. The lowest BCUT2D eigenvalue weighted by molar-refractivity contribution is -0.116. The zero-order valence-corrected chi connectivity index (χ0v) is 35.9. The summed E-state index contributed by atoms with van der Waals surface area (Å²) in [5.74, 6) is -0.301. The quantitative estimate of drug-likeness (QED) is 0.0354. The van der Waals surface area contributed by atoms with Gasteiger partial charge >= 0.3 is 6.09 Å². The molecule has 0 bridgehead atoms. The highest BCUT2D eigenvalue weighted by Crippen LogP contribution is 2.31. The summed E-state index contributed by atoms with van der Waals surface area (Å²) in [7, 11) is 0. The number of carbonyl (C=O) groups is 3. The molecule has 4 aromatic rings. The second-order valence-electron chi connectivity index (χ2n) is 15.8. The van der Waals surface area contributed by atoms with E-state index < -0.39 is 6.09 Å². The number of hydrogen-bond acceptors (Lipinski definition) is 9.